The van der Waals surface area contributed by atoms with E-state index < -0.39 is 0 Å². The Kier molecular flexibility index (Phi) is 3.87. The number of nitrogens with zero attached hydrogens (tertiary/aromatic N) is 2. The molecule has 4 nitrogen and oxygen atoms in total. The molecule has 0 bridgehead atoms. The fourth-order valence-corrected chi connectivity index (χ4v) is 2.52. The highest BCUT2D eigenvalue weighted by atomic mass is 17.3. The van der Waals surface area contributed by atoms with Crippen LogP contribution in [0.4, 0.5) is 0 Å². The number of allylic oxidation sites excluding steroid dienone is 1. The van der Waals surface area contributed by atoms with Crippen molar-refractivity contribution in [3.05, 3.63) is 60.9 Å². The zero-order valence-corrected chi connectivity index (χ0v) is 11.8. The molecule has 2 heterocycles. The number of aromatic nitrogens is 1. The first-order chi connectivity index (χ1) is 10.4. The highest BCUT2D eigenvalue weighted by molar-refractivity contribution is 6.07. The van der Waals surface area contributed by atoms with Crippen molar-refractivity contribution in [3.8, 4) is 0 Å². The van der Waals surface area contributed by atoms with E-state index in [0.29, 0.717) is 0 Å². The quantitative estimate of drug-likeness (QED) is 0.624. The van der Waals surface area contributed by atoms with Gasteiger partial charge in [0, 0.05) is 28.4 Å². The highest BCUT2D eigenvalue weighted by Gasteiger charge is 2.06. The summed E-state index contributed by atoms with van der Waals surface area (Å²) in [6.45, 7) is 3.22. The Bertz CT molecular complexity index is 738. The Balaban J connectivity index is 0.000000186. The van der Waals surface area contributed by atoms with Crippen molar-refractivity contribution in [1.29, 1.82) is 0 Å². The summed E-state index contributed by atoms with van der Waals surface area (Å²) in [5.74, 6) is 0. The van der Waals surface area contributed by atoms with Crippen LogP contribution in [0.1, 0.15) is 6.92 Å². The van der Waals surface area contributed by atoms with Gasteiger partial charge in [-0.3, -0.25) is 4.89 Å². The van der Waals surface area contributed by atoms with Crippen LogP contribution in [-0.4, -0.2) is 10.8 Å². The second-order valence-electron chi connectivity index (χ2n) is 4.53. The summed E-state index contributed by atoms with van der Waals surface area (Å²) in [5, 5.41) is 5.96. The molecule has 1 aliphatic rings. The van der Waals surface area contributed by atoms with Gasteiger partial charge in [-0.2, -0.15) is 4.99 Å². The van der Waals surface area contributed by atoms with Gasteiger partial charge in [0.15, 0.2) is 0 Å². The highest BCUT2D eigenvalue weighted by Crippen LogP contribution is 2.28. The van der Waals surface area contributed by atoms with E-state index in [1.165, 1.54) is 34.3 Å². The fourth-order valence-electron chi connectivity index (χ4n) is 2.52. The molecule has 0 radical (unpaired) electrons. The number of hydrogen-bond acceptors (Lipinski definition) is 3. The van der Waals surface area contributed by atoms with E-state index in [4.69, 9.17) is 0 Å². The second-order valence-corrected chi connectivity index (χ2v) is 4.53. The van der Waals surface area contributed by atoms with Gasteiger partial charge < -0.3 is 4.57 Å². The van der Waals surface area contributed by atoms with E-state index in [2.05, 4.69) is 75.1 Å². The zero-order valence-electron chi connectivity index (χ0n) is 11.8. The first-order valence-corrected chi connectivity index (χ1v) is 6.89. The van der Waals surface area contributed by atoms with Crippen LogP contribution in [0.5, 0.6) is 0 Å². The Morgan fingerprint density at radius 2 is 1.57 bits per heavy atom. The largest absolute Gasteiger partial charge is 0.341 e. The van der Waals surface area contributed by atoms with Crippen molar-refractivity contribution in [1.82, 2.24) is 4.57 Å². The third-order valence-electron chi connectivity index (χ3n) is 3.36. The molecule has 4 heteroatoms. The van der Waals surface area contributed by atoms with Gasteiger partial charge in [0.05, 0.1) is 6.21 Å². The molecule has 106 valence electrons. The number of hydrogen-bond donors (Lipinski definition) is 0. The molecule has 3 aromatic rings. The lowest BCUT2D eigenvalue weighted by Gasteiger charge is -2.01. The van der Waals surface area contributed by atoms with E-state index in [9.17, 15) is 0 Å². The summed E-state index contributed by atoms with van der Waals surface area (Å²) < 4.78 is 2.37. The lowest BCUT2D eigenvalue weighted by molar-refractivity contribution is -0.251. The lowest BCUT2D eigenvalue weighted by Crippen LogP contribution is -1.91. The molecule has 2 aromatic carbocycles. The Labute approximate surface area is 122 Å². The molecular weight excluding hydrogens is 264 g/mol. The summed E-state index contributed by atoms with van der Waals surface area (Å²) >= 11 is 0. The molecule has 1 aliphatic heterocycles. The van der Waals surface area contributed by atoms with E-state index in [-0.39, 0.29) is 0 Å². The van der Waals surface area contributed by atoms with Gasteiger partial charge in [-0.05, 0) is 30.3 Å². The number of oxime groups is 1. The number of para-hydroxylation sites is 2. The van der Waals surface area contributed by atoms with Gasteiger partial charge in [0.25, 0.3) is 0 Å². The molecule has 1 aromatic heterocycles. The predicted octanol–water partition coefficient (Wildman–Crippen LogP) is 4.26. The van der Waals surface area contributed by atoms with Crippen LogP contribution < -0.4 is 0 Å². The van der Waals surface area contributed by atoms with Gasteiger partial charge in [0.1, 0.15) is 6.26 Å². The standard InChI is InChI=1S/C14H13N.C3H3NO2/c1-2-15-13-9-5-3-7-11(13)12-8-4-6-10-14(12)15;1-2-4-6-5-3-1/h3-10H,2H2,1H3;1-3H. The molecule has 0 unspecified atom stereocenters. The van der Waals surface area contributed by atoms with Crippen molar-refractivity contribution in [3.63, 3.8) is 0 Å². The first-order valence-electron chi connectivity index (χ1n) is 6.89. The molecule has 21 heavy (non-hydrogen) atoms. The molecule has 0 fully saturated rings. The average molecular weight is 280 g/mol. The molecule has 0 aliphatic carbocycles. The second kappa shape index (κ2) is 6.13. The number of rotatable bonds is 1. The van der Waals surface area contributed by atoms with Gasteiger partial charge in [-0.1, -0.05) is 36.4 Å². The van der Waals surface area contributed by atoms with Gasteiger partial charge in [-0.25, -0.2) is 0 Å². The van der Waals surface area contributed by atoms with Gasteiger partial charge >= 0.3 is 0 Å². The monoisotopic (exact) mass is 280 g/mol. The lowest BCUT2D eigenvalue weighted by atomic mass is 10.2. The maximum absolute atomic E-state index is 4.19. The topological polar surface area (TPSA) is 35.8 Å². The van der Waals surface area contributed by atoms with Crippen molar-refractivity contribution in [2.24, 2.45) is 5.16 Å². The third kappa shape index (κ3) is 2.60. The number of benzene rings is 2. The predicted molar refractivity (Wildman–Crippen MR) is 84.9 cm³/mol. The molecule has 0 spiro atoms. The van der Waals surface area contributed by atoms with Crippen LogP contribution in [0.2, 0.25) is 0 Å². The van der Waals surface area contributed by atoms with Crippen LogP contribution in [0.25, 0.3) is 21.8 Å². The van der Waals surface area contributed by atoms with Crippen molar-refractivity contribution < 1.29 is 9.88 Å². The van der Waals surface area contributed by atoms with Crippen LogP contribution >= 0.6 is 0 Å². The van der Waals surface area contributed by atoms with E-state index >= 15 is 0 Å². The van der Waals surface area contributed by atoms with Crippen LogP contribution in [0.3, 0.4) is 0 Å². The SMILES string of the molecule is C1=COON=C1.CCn1c2ccccc2c2ccccc21. The number of fused-ring (bicyclic) bond motifs is 3. The van der Waals surface area contributed by atoms with Crippen LogP contribution in [0, 0.1) is 0 Å². The summed E-state index contributed by atoms with van der Waals surface area (Å²) in [5.41, 5.74) is 2.67. The first kappa shape index (κ1) is 13.2. The fraction of sp³-hybridized carbons (Fsp3) is 0.118. The summed E-state index contributed by atoms with van der Waals surface area (Å²) in [6.07, 6.45) is 4.51. The molecule has 0 saturated heterocycles. The maximum Gasteiger partial charge on any atom is 0.147 e. The summed E-state index contributed by atoms with van der Waals surface area (Å²) in [6, 6.07) is 17.2. The minimum atomic E-state index is 1.02. The Morgan fingerprint density at radius 1 is 0.952 bits per heavy atom. The van der Waals surface area contributed by atoms with Crippen LogP contribution in [0.15, 0.2) is 66.0 Å². The maximum atomic E-state index is 4.19. The zero-order chi connectivity index (χ0) is 14.5. The normalized spacial score (nSPS) is 12.6. The van der Waals surface area contributed by atoms with E-state index in [0.717, 1.165) is 6.54 Å². The van der Waals surface area contributed by atoms with Crippen molar-refractivity contribution in [2.75, 3.05) is 0 Å². The molecule has 0 N–H and O–H groups in total. The minimum Gasteiger partial charge on any atom is -0.341 e. The minimum absolute atomic E-state index is 1.02. The average Bonchev–Trinajstić information content (AvgIpc) is 2.91. The Morgan fingerprint density at radius 3 is 1.95 bits per heavy atom. The molecule has 0 atom stereocenters. The summed E-state index contributed by atoms with van der Waals surface area (Å²) in [7, 11) is 0. The Hall–Kier alpha value is -2.75. The smallest absolute Gasteiger partial charge is 0.147 e. The van der Waals surface area contributed by atoms with E-state index in [1.807, 2.05) is 0 Å². The molecule has 0 saturated carbocycles. The van der Waals surface area contributed by atoms with E-state index in [1.54, 1.807) is 6.08 Å². The molecular formula is C17H16N2O2. The third-order valence-corrected chi connectivity index (χ3v) is 3.36. The molecule has 4 rings (SSSR count). The molecule has 0 amide bonds. The van der Waals surface area contributed by atoms with Crippen molar-refractivity contribution in [2.45, 2.75) is 13.5 Å². The van der Waals surface area contributed by atoms with Gasteiger partial charge in [0.2, 0.25) is 0 Å². The number of aryl methyl sites for hydroxylation is 1. The van der Waals surface area contributed by atoms with Gasteiger partial charge in [-0.15, -0.1) is 0 Å². The summed E-state index contributed by atoms with van der Waals surface area (Å²) in [4.78, 5) is 8.24. The van der Waals surface area contributed by atoms with Crippen LogP contribution in [-0.2, 0) is 16.4 Å². The van der Waals surface area contributed by atoms with Crippen molar-refractivity contribution >= 4 is 28.0 Å².